The highest BCUT2D eigenvalue weighted by atomic mass is 16.5. The predicted molar refractivity (Wildman–Crippen MR) is 97.4 cm³/mol. The molecule has 0 saturated carbocycles. The van der Waals surface area contributed by atoms with Crippen LogP contribution in [0.3, 0.4) is 0 Å². The lowest BCUT2D eigenvalue weighted by Crippen LogP contribution is -2.40. The molecule has 0 spiro atoms. The maximum absolute atomic E-state index is 6.31. The van der Waals surface area contributed by atoms with Crippen LogP contribution in [-0.2, 0) is 9.47 Å². The van der Waals surface area contributed by atoms with Gasteiger partial charge in [0.15, 0.2) is 0 Å². The second-order valence-electron chi connectivity index (χ2n) is 10.3. The number of hydrogen-bond acceptors (Lipinski definition) is 2. The molecule has 2 heteroatoms. The molecule has 0 aromatic carbocycles. The Kier molecular flexibility index (Phi) is 7.19. The van der Waals surface area contributed by atoms with E-state index in [0.717, 1.165) is 12.8 Å². The normalized spacial score (nSPS) is 17.5. The molecule has 0 aliphatic rings. The molecule has 0 heterocycles. The fraction of sp³-hybridized carbons (Fsp3) is 1.00. The third kappa shape index (κ3) is 8.53. The van der Waals surface area contributed by atoms with Gasteiger partial charge in [0, 0.05) is 0 Å². The van der Waals surface area contributed by atoms with Gasteiger partial charge in [0.05, 0.1) is 23.4 Å². The van der Waals surface area contributed by atoms with Crippen LogP contribution < -0.4 is 0 Å². The number of hydrogen-bond donors (Lipinski definition) is 0. The van der Waals surface area contributed by atoms with Gasteiger partial charge < -0.3 is 9.47 Å². The zero-order chi connectivity index (χ0) is 18.0. The summed E-state index contributed by atoms with van der Waals surface area (Å²) in [6.07, 6.45) is 2.47. The Morgan fingerprint density at radius 1 is 0.545 bits per heavy atom. The van der Waals surface area contributed by atoms with Crippen molar-refractivity contribution in [2.75, 3.05) is 0 Å². The molecule has 2 unspecified atom stereocenters. The van der Waals surface area contributed by atoms with Gasteiger partial charge in [-0.25, -0.2) is 0 Å². The molecule has 0 saturated heterocycles. The number of rotatable bonds is 7. The van der Waals surface area contributed by atoms with Gasteiger partial charge in [-0.15, -0.1) is 0 Å². The van der Waals surface area contributed by atoms with Crippen molar-refractivity contribution < 1.29 is 9.47 Å². The molecule has 0 aromatic rings. The van der Waals surface area contributed by atoms with E-state index in [0.29, 0.717) is 0 Å². The van der Waals surface area contributed by atoms with Gasteiger partial charge >= 0.3 is 0 Å². The third-order valence-electron chi connectivity index (χ3n) is 4.76. The van der Waals surface area contributed by atoms with Crippen LogP contribution in [0.5, 0.6) is 0 Å². The summed E-state index contributed by atoms with van der Waals surface area (Å²) in [6.45, 7) is 26.5. The Hall–Kier alpha value is -0.0800. The fourth-order valence-electron chi connectivity index (χ4n) is 2.03. The summed E-state index contributed by atoms with van der Waals surface area (Å²) in [4.78, 5) is 0. The largest absolute Gasteiger partial charge is 0.372 e. The molecule has 0 rings (SSSR count). The first-order chi connectivity index (χ1) is 9.46. The Balaban J connectivity index is 4.57. The first kappa shape index (κ1) is 21.9. The summed E-state index contributed by atoms with van der Waals surface area (Å²) >= 11 is 0. The molecular weight excluding hydrogens is 272 g/mol. The summed E-state index contributed by atoms with van der Waals surface area (Å²) in [7, 11) is 0. The Morgan fingerprint density at radius 2 is 0.773 bits per heavy atom. The van der Waals surface area contributed by atoms with E-state index in [1.807, 2.05) is 0 Å². The van der Waals surface area contributed by atoms with E-state index in [-0.39, 0.29) is 34.2 Å². The highest BCUT2D eigenvalue weighted by Crippen LogP contribution is 2.33. The minimum atomic E-state index is -0.127. The maximum Gasteiger partial charge on any atom is 0.0631 e. The summed E-state index contributed by atoms with van der Waals surface area (Å²) in [6, 6.07) is 0. The van der Waals surface area contributed by atoms with Crippen LogP contribution in [-0.4, -0.2) is 23.4 Å². The molecule has 0 bridgehead atoms. The van der Waals surface area contributed by atoms with Gasteiger partial charge in [0.25, 0.3) is 0 Å². The summed E-state index contributed by atoms with van der Waals surface area (Å²) in [5.74, 6) is 0. The van der Waals surface area contributed by atoms with E-state index in [9.17, 15) is 0 Å². The van der Waals surface area contributed by atoms with Gasteiger partial charge in [-0.1, -0.05) is 41.5 Å². The Morgan fingerprint density at radius 3 is 0.955 bits per heavy atom. The van der Waals surface area contributed by atoms with E-state index in [1.54, 1.807) is 0 Å². The van der Waals surface area contributed by atoms with Crippen molar-refractivity contribution in [2.45, 2.75) is 119 Å². The van der Waals surface area contributed by atoms with Gasteiger partial charge in [-0.3, -0.25) is 0 Å². The van der Waals surface area contributed by atoms with Crippen molar-refractivity contribution in [3.63, 3.8) is 0 Å². The number of ether oxygens (including phenoxy) is 2. The highest BCUT2D eigenvalue weighted by Gasteiger charge is 2.33. The van der Waals surface area contributed by atoms with Crippen LogP contribution in [0.4, 0.5) is 0 Å². The van der Waals surface area contributed by atoms with Crippen LogP contribution in [0, 0.1) is 10.8 Å². The first-order valence-corrected chi connectivity index (χ1v) is 8.82. The zero-order valence-electron chi connectivity index (χ0n) is 17.4. The summed E-state index contributed by atoms with van der Waals surface area (Å²) < 4.78 is 12.6. The standard InChI is InChI=1S/C20H42O2/c1-15(17(3,4)5)21-19(9,10)13-14-20(11,12)22-16(2)18(6,7)8/h15-16H,13-14H2,1-12H3. The SMILES string of the molecule is CC(OC(C)(C)CCC(C)(C)OC(C)C(C)(C)C)C(C)(C)C. The fourth-order valence-corrected chi connectivity index (χ4v) is 2.03. The summed E-state index contributed by atoms with van der Waals surface area (Å²) in [5.41, 5.74) is 0.0880. The minimum absolute atomic E-state index is 0.127. The first-order valence-electron chi connectivity index (χ1n) is 8.82. The van der Waals surface area contributed by atoms with Crippen LogP contribution in [0.15, 0.2) is 0 Å². The van der Waals surface area contributed by atoms with Crippen molar-refractivity contribution >= 4 is 0 Å². The second kappa shape index (κ2) is 7.21. The lowest BCUT2D eigenvalue weighted by Gasteiger charge is -2.39. The predicted octanol–water partition coefficient (Wildman–Crippen LogP) is 6.23. The average Bonchev–Trinajstić information content (AvgIpc) is 2.23. The smallest absolute Gasteiger partial charge is 0.0631 e. The maximum atomic E-state index is 6.31. The van der Waals surface area contributed by atoms with Gasteiger partial charge in [0.1, 0.15) is 0 Å². The Labute approximate surface area is 140 Å². The van der Waals surface area contributed by atoms with Crippen molar-refractivity contribution in [1.29, 1.82) is 0 Å². The van der Waals surface area contributed by atoms with Crippen LogP contribution in [0.1, 0.15) is 95.9 Å². The molecule has 0 amide bonds. The topological polar surface area (TPSA) is 18.5 Å². The lowest BCUT2D eigenvalue weighted by atomic mass is 9.87. The monoisotopic (exact) mass is 314 g/mol. The highest BCUT2D eigenvalue weighted by molar-refractivity contribution is 4.82. The molecule has 0 aromatic heterocycles. The lowest BCUT2D eigenvalue weighted by molar-refractivity contribution is -0.137. The van der Waals surface area contributed by atoms with E-state index in [1.165, 1.54) is 0 Å². The quantitative estimate of drug-likeness (QED) is 0.555. The molecule has 0 aliphatic carbocycles. The minimum Gasteiger partial charge on any atom is -0.372 e. The van der Waals surface area contributed by atoms with E-state index in [2.05, 4.69) is 83.1 Å². The zero-order valence-corrected chi connectivity index (χ0v) is 17.4. The molecule has 0 aliphatic heterocycles. The molecule has 0 fully saturated rings. The second-order valence-corrected chi connectivity index (χ2v) is 10.3. The molecule has 134 valence electrons. The molecule has 0 N–H and O–H groups in total. The van der Waals surface area contributed by atoms with Crippen LogP contribution >= 0.6 is 0 Å². The van der Waals surface area contributed by atoms with E-state index < -0.39 is 0 Å². The third-order valence-corrected chi connectivity index (χ3v) is 4.76. The average molecular weight is 315 g/mol. The molecule has 22 heavy (non-hydrogen) atoms. The van der Waals surface area contributed by atoms with Crippen molar-refractivity contribution in [1.82, 2.24) is 0 Å². The van der Waals surface area contributed by atoms with Crippen molar-refractivity contribution in [2.24, 2.45) is 10.8 Å². The van der Waals surface area contributed by atoms with Gasteiger partial charge in [-0.05, 0) is 65.2 Å². The van der Waals surface area contributed by atoms with Gasteiger partial charge in [0.2, 0.25) is 0 Å². The van der Waals surface area contributed by atoms with E-state index in [4.69, 9.17) is 9.47 Å². The molecule has 0 radical (unpaired) electrons. The van der Waals surface area contributed by atoms with Crippen LogP contribution in [0.25, 0.3) is 0 Å². The van der Waals surface area contributed by atoms with Crippen LogP contribution in [0.2, 0.25) is 0 Å². The Bertz CT molecular complexity index is 295. The molecule has 2 nitrogen and oxygen atoms in total. The van der Waals surface area contributed by atoms with Gasteiger partial charge in [-0.2, -0.15) is 0 Å². The molecular formula is C20H42O2. The molecule has 2 atom stereocenters. The van der Waals surface area contributed by atoms with Crippen molar-refractivity contribution in [3.8, 4) is 0 Å². The summed E-state index contributed by atoms with van der Waals surface area (Å²) in [5, 5.41) is 0. The van der Waals surface area contributed by atoms with Crippen molar-refractivity contribution in [3.05, 3.63) is 0 Å². The van der Waals surface area contributed by atoms with E-state index >= 15 is 0 Å².